The minimum Gasteiger partial charge on any atom is -0.303 e. The topological polar surface area (TPSA) is 17.1 Å². The zero-order chi connectivity index (χ0) is 8.39. The third-order valence-corrected chi connectivity index (χ3v) is 3.40. The number of hydrogen-bond donors (Lipinski definition) is 0. The third-order valence-electron chi connectivity index (χ3n) is 2.10. The molecule has 0 N–H and O–H groups in total. The molecule has 62 valence electrons. The zero-order valence-electron chi connectivity index (χ0n) is 6.69. The fourth-order valence-electron chi connectivity index (χ4n) is 1.44. The first-order valence-electron chi connectivity index (χ1n) is 4.06. The molecule has 1 unspecified atom stereocenters. The molecule has 1 aromatic carbocycles. The van der Waals surface area contributed by atoms with Gasteiger partial charge in [-0.2, -0.15) is 0 Å². The van der Waals surface area contributed by atoms with Crippen molar-refractivity contribution in [3.8, 4) is 0 Å². The van der Waals surface area contributed by atoms with Crippen molar-refractivity contribution in [2.24, 2.45) is 5.92 Å². The molecule has 0 radical (unpaired) electrons. The van der Waals surface area contributed by atoms with Crippen LogP contribution < -0.4 is 0 Å². The second kappa shape index (κ2) is 3.31. The molecule has 0 bridgehead atoms. The number of rotatable bonds is 1. The normalized spacial score (nSPS) is 21.5. The van der Waals surface area contributed by atoms with Crippen molar-refractivity contribution < 1.29 is 4.79 Å². The van der Waals surface area contributed by atoms with E-state index in [1.165, 1.54) is 10.5 Å². The zero-order valence-corrected chi connectivity index (χ0v) is 7.51. The van der Waals surface area contributed by atoms with Crippen molar-refractivity contribution in [1.82, 2.24) is 0 Å². The average Bonchev–Trinajstić information content (AvgIpc) is 2.17. The molecule has 0 fully saturated rings. The quantitative estimate of drug-likeness (QED) is 0.613. The lowest BCUT2D eigenvalue weighted by molar-refractivity contribution is -0.110. The van der Waals surface area contributed by atoms with E-state index >= 15 is 0 Å². The van der Waals surface area contributed by atoms with Gasteiger partial charge < -0.3 is 4.79 Å². The van der Waals surface area contributed by atoms with Crippen LogP contribution in [0.25, 0.3) is 0 Å². The van der Waals surface area contributed by atoms with E-state index in [9.17, 15) is 4.79 Å². The molecule has 2 heteroatoms. The largest absolute Gasteiger partial charge is 0.303 e. The average molecular weight is 178 g/mol. The first-order chi connectivity index (χ1) is 5.90. The standard InChI is InChI=1S/C10H10OS/c11-6-8-5-9-3-1-2-4-10(9)12-7-8/h1-4,6,8H,5,7H2. The molecule has 1 aromatic rings. The summed E-state index contributed by atoms with van der Waals surface area (Å²) in [6.45, 7) is 0. The lowest BCUT2D eigenvalue weighted by Gasteiger charge is -2.19. The van der Waals surface area contributed by atoms with Crippen LogP contribution >= 0.6 is 11.8 Å². The molecule has 0 aliphatic carbocycles. The van der Waals surface area contributed by atoms with E-state index in [-0.39, 0.29) is 5.92 Å². The number of carbonyl (C=O) groups excluding carboxylic acids is 1. The second-order valence-electron chi connectivity index (χ2n) is 3.02. The molecule has 0 amide bonds. The Hall–Kier alpha value is -0.760. The lowest BCUT2D eigenvalue weighted by Crippen LogP contribution is -2.14. The number of aldehydes is 1. The highest BCUT2D eigenvalue weighted by Crippen LogP contribution is 2.31. The van der Waals surface area contributed by atoms with Crippen molar-refractivity contribution >= 4 is 18.0 Å². The summed E-state index contributed by atoms with van der Waals surface area (Å²) in [5, 5.41) is 0. The molecule has 2 rings (SSSR count). The molecule has 1 nitrogen and oxygen atoms in total. The van der Waals surface area contributed by atoms with Crippen molar-refractivity contribution in [3.05, 3.63) is 29.8 Å². The third kappa shape index (κ3) is 1.39. The van der Waals surface area contributed by atoms with E-state index in [0.717, 1.165) is 18.5 Å². The maximum absolute atomic E-state index is 10.6. The molecular weight excluding hydrogens is 168 g/mol. The van der Waals surface area contributed by atoms with Gasteiger partial charge in [0.05, 0.1) is 0 Å². The van der Waals surface area contributed by atoms with Crippen molar-refractivity contribution in [2.75, 3.05) is 5.75 Å². The SMILES string of the molecule is O=CC1CSc2ccccc2C1. The van der Waals surface area contributed by atoms with Crippen LogP contribution in [0.2, 0.25) is 0 Å². The molecule has 0 spiro atoms. The second-order valence-corrected chi connectivity index (χ2v) is 4.08. The highest BCUT2D eigenvalue weighted by atomic mass is 32.2. The van der Waals surface area contributed by atoms with Crippen LogP contribution in [-0.4, -0.2) is 12.0 Å². The fourth-order valence-corrected chi connectivity index (χ4v) is 2.54. The van der Waals surface area contributed by atoms with Crippen molar-refractivity contribution in [1.29, 1.82) is 0 Å². The lowest BCUT2D eigenvalue weighted by atomic mass is 10.0. The maximum Gasteiger partial charge on any atom is 0.124 e. The van der Waals surface area contributed by atoms with Crippen molar-refractivity contribution in [3.63, 3.8) is 0 Å². The fraction of sp³-hybridized carbons (Fsp3) is 0.300. The molecule has 0 saturated carbocycles. The van der Waals surface area contributed by atoms with Crippen LogP contribution in [0.15, 0.2) is 29.2 Å². The summed E-state index contributed by atoms with van der Waals surface area (Å²) >= 11 is 1.79. The molecule has 1 atom stereocenters. The van der Waals surface area contributed by atoms with Gasteiger partial charge in [-0.05, 0) is 18.1 Å². The van der Waals surface area contributed by atoms with Crippen LogP contribution in [0, 0.1) is 5.92 Å². The Labute approximate surface area is 76.2 Å². The minimum absolute atomic E-state index is 0.227. The van der Waals surface area contributed by atoms with E-state index < -0.39 is 0 Å². The summed E-state index contributed by atoms with van der Waals surface area (Å²) in [4.78, 5) is 11.9. The Kier molecular flexibility index (Phi) is 2.17. The Bertz CT molecular complexity index is 296. The summed E-state index contributed by atoms with van der Waals surface area (Å²) in [5.41, 5.74) is 1.32. The molecule has 1 aliphatic heterocycles. The van der Waals surface area contributed by atoms with Crippen LogP contribution in [0.5, 0.6) is 0 Å². The smallest absolute Gasteiger partial charge is 0.124 e. The monoisotopic (exact) mass is 178 g/mol. The predicted octanol–water partition coefficient (Wildman–Crippen LogP) is 2.15. The number of hydrogen-bond acceptors (Lipinski definition) is 2. The van der Waals surface area contributed by atoms with Gasteiger partial charge in [-0.15, -0.1) is 11.8 Å². The summed E-state index contributed by atoms with van der Waals surface area (Å²) in [6.07, 6.45) is 2.00. The van der Waals surface area contributed by atoms with Gasteiger partial charge in [0.25, 0.3) is 0 Å². The van der Waals surface area contributed by atoms with Crippen LogP contribution in [0.1, 0.15) is 5.56 Å². The first-order valence-corrected chi connectivity index (χ1v) is 5.04. The number of carbonyl (C=O) groups is 1. The Morgan fingerprint density at radius 2 is 2.25 bits per heavy atom. The molecule has 0 aromatic heterocycles. The number of thioether (sulfide) groups is 1. The summed E-state index contributed by atoms with van der Waals surface area (Å²) in [7, 11) is 0. The van der Waals surface area contributed by atoms with Crippen molar-refractivity contribution in [2.45, 2.75) is 11.3 Å². The van der Waals surface area contributed by atoms with E-state index in [0.29, 0.717) is 0 Å². The number of fused-ring (bicyclic) bond motifs is 1. The Morgan fingerprint density at radius 3 is 3.08 bits per heavy atom. The minimum atomic E-state index is 0.227. The molecule has 12 heavy (non-hydrogen) atoms. The van der Waals surface area contributed by atoms with Crippen LogP contribution in [0.4, 0.5) is 0 Å². The van der Waals surface area contributed by atoms with E-state index in [1.807, 2.05) is 12.1 Å². The maximum atomic E-state index is 10.6. The molecule has 1 heterocycles. The Morgan fingerprint density at radius 1 is 1.42 bits per heavy atom. The first kappa shape index (κ1) is 7.87. The summed E-state index contributed by atoms with van der Waals surface area (Å²) in [6, 6.07) is 8.32. The predicted molar refractivity (Wildman–Crippen MR) is 50.4 cm³/mol. The molecular formula is C10H10OS. The van der Waals surface area contributed by atoms with Gasteiger partial charge in [0.1, 0.15) is 6.29 Å². The summed E-state index contributed by atoms with van der Waals surface area (Å²) < 4.78 is 0. The van der Waals surface area contributed by atoms with Gasteiger partial charge in [-0.1, -0.05) is 18.2 Å². The number of benzene rings is 1. The van der Waals surface area contributed by atoms with Gasteiger partial charge in [-0.25, -0.2) is 0 Å². The van der Waals surface area contributed by atoms with Gasteiger partial charge in [0.2, 0.25) is 0 Å². The highest BCUT2D eigenvalue weighted by Gasteiger charge is 2.17. The highest BCUT2D eigenvalue weighted by molar-refractivity contribution is 7.99. The van der Waals surface area contributed by atoms with Crippen LogP contribution in [-0.2, 0) is 11.2 Å². The van der Waals surface area contributed by atoms with Crippen LogP contribution in [0.3, 0.4) is 0 Å². The van der Waals surface area contributed by atoms with E-state index in [4.69, 9.17) is 0 Å². The Balaban J connectivity index is 2.28. The van der Waals surface area contributed by atoms with Gasteiger partial charge in [0, 0.05) is 16.6 Å². The molecule has 1 aliphatic rings. The van der Waals surface area contributed by atoms with E-state index in [1.54, 1.807) is 11.8 Å². The summed E-state index contributed by atoms with van der Waals surface area (Å²) in [5.74, 6) is 1.17. The van der Waals surface area contributed by atoms with Gasteiger partial charge >= 0.3 is 0 Å². The van der Waals surface area contributed by atoms with Gasteiger partial charge in [0.15, 0.2) is 0 Å². The molecule has 0 saturated heterocycles. The van der Waals surface area contributed by atoms with Gasteiger partial charge in [-0.3, -0.25) is 0 Å². The van der Waals surface area contributed by atoms with E-state index in [2.05, 4.69) is 12.1 Å².